The molecule has 180 valence electrons. The average molecular weight is 486 g/mol. The van der Waals surface area contributed by atoms with Crippen LogP contribution in [-0.2, 0) is 21.9 Å². The Morgan fingerprint density at radius 3 is 2.21 bits per heavy atom. The van der Waals surface area contributed by atoms with Crippen molar-refractivity contribution in [1.82, 2.24) is 4.90 Å². The summed E-state index contributed by atoms with van der Waals surface area (Å²) in [6.45, 7) is -0.619. The van der Waals surface area contributed by atoms with Gasteiger partial charge in [-0.3, -0.25) is 9.69 Å². The maximum absolute atomic E-state index is 13.1. The molecule has 2 aromatic carbocycles. The lowest BCUT2D eigenvalue weighted by Gasteiger charge is -2.34. The van der Waals surface area contributed by atoms with Crippen LogP contribution in [0.15, 0.2) is 48.7 Å². The molecule has 1 atom stereocenters. The minimum atomic E-state index is -4.60. The first-order valence-corrected chi connectivity index (χ1v) is 9.75. The molecule has 0 saturated carbocycles. The Hall–Kier alpha value is -3.70. The normalized spacial score (nSPS) is 19.5. The number of urea groups is 1. The number of methoxy groups -OCH3 is 1. The highest BCUT2D eigenvalue weighted by Gasteiger charge is 2.54. The third kappa shape index (κ3) is 4.03. The standard InChI is InChI=1S/C22H16F6N2O4/c1-33-18(31)20-10-30(19(32)29-14-5-2-12(3-6-14)21(23,24)25)9-16(20)15-7-4-13(22(26,27)28)8-17(15)34-11-20/h2-9H,10-11H2,1H3,(H,29,32). The zero-order valence-electron chi connectivity index (χ0n) is 17.4. The number of nitrogens with zero attached hydrogens (tertiary/aromatic N) is 1. The fourth-order valence-corrected chi connectivity index (χ4v) is 3.89. The van der Waals surface area contributed by atoms with Crippen molar-refractivity contribution in [2.24, 2.45) is 5.41 Å². The first-order chi connectivity index (χ1) is 15.8. The van der Waals surface area contributed by atoms with Crippen molar-refractivity contribution < 1.29 is 45.4 Å². The van der Waals surface area contributed by atoms with Gasteiger partial charge in [0.25, 0.3) is 0 Å². The lowest BCUT2D eigenvalue weighted by atomic mass is 9.77. The van der Waals surface area contributed by atoms with Crippen molar-refractivity contribution >= 4 is 23.3 Å². The van der Waals surface area contributed by atoms with Gasteiger partial charge in [0, 0.05) is 23.0 Å². The van der Waals surface area contributed by atoms with Crippen LogP contribution in [-0.4, -0.2) is 37.2 Å². The van der Waals surface area contributed by atoms with Crippen LogP contribution in [0.2, 0.25) is 0 Å². The van der Waals surface area contributed by atoms with Gasteiger partial charge in [-0.15, -0.1) is 0 Å². The summed E-state index contributed by atoms with van der Waals surface area (Å²) in [5.74, 6) is -0.861. The summed E-state index contributed by atoms with van der Waals surface area (Å²) in [6, 6.07) is 5.78. The van der Waals surface area contributed by atoms with Crippen LogP contribution < -0.4 is 10.1 Å². The zero-order chi connectivity index (χ0) is 24.9. The van der Waals surface area contributed by atoms with Crippen molar-refractivity contribution in [3.05, 3.63) is 65.4 Å². The predicted molar refractivity (Wildman–Crippen MR) is 107 cm³/mol. The summed E-state index contributed by atoms with van der Waals surface area (Å²) in [4.78, 5) is 26.6. The Bertz CT molecular complexity index is 1170. The van der Waals surface area contributed by atoms with Gasteiger partial charge in [-0.2, -0.15) is 26.3 Å². The molecule has 0 fully saturated rings. The van der Waals surface area contributed by atoms with E-state index in [9.17, 15) is 35.9 Å². The molecule has 6 nitrogen and oxygen atoms in total. The maximum Gasteiger partial charge on any atom is 0.416 e. The number of halogens is 6. The number of anilines is 1. The summed E-state index contributed by atoms with van der Waals surface area (Å²) < 4.78 is 87.8. The molecule has 4 rings (SSSR count). The van der Waals surface area contributed by atoms with Crippen molar-refractivity contribution in [2.45, 2.75) is 12.4 Å². The molecule has 0 saturated heterocycles. The van der Waals surface area contributed by atoms with Crippen LogP contribution in [0.3, 0.4) is 0 Å². The van der Waals surface area contributed by atoms with E-state index in [1.165, 1.54) is 6.20 Å². The largest absolute Gasteiger partial charge is 0.491 e. The monoisotopic (exact) mass is 486 g/mol. The fraction of sp³-hybridized carbons (Fsp3) is 0.273. The van der Waals surface area contributed by atoms with Crippen LogP contribution in [0.25, 0.3) is 5.57 Å². The Balaban J connectivity index is 1.64. The molecule has 0 bridgehead atoms. The quantitative estimate of drug-likeness (QED) is 0.470. The van der Waals surface area contributed by atoms with Gasteiger partial charge < -0.3 is 14.8 Å². The molecule has 2 aliphatic rings. The number of carbonyl (C=O) groups excluding carboxylic acids is 2. The van der Waals surface area contributed by atoms with E-state index in [0.717, 1.165) is 54.5 Å². The highest BCUT2D eigenvalue weighted by Crippen LogP contribution is 2.50. The van der Waals surface area contributed by atoms with Gasteiger partial charge in [0.1, 0.15) is 17.8 Å². The van der Waals surface area contributed by atoms with Gasteiger partial charge >= 0.3 is 24.4 Å². The van der Waals surface area contributed by atoms with Crippen LogP contribution >= 0.6 is 0 Å². The summed E-state index contributed by atoms with van der Waals surface area (Å²) in [6.07, 6.45) is -7.85. The maximum atomic E-state index is 13.1. The minimum Gasteiger partial charge on any atom is -0.491 e. The lowest BCUT2D eigenvalue weighted by Crippen LogP contribution is -2.46. The Kier molecular flexibility index (Phi) is 5.49. The zero-order valence-corrected chi connectivity index (χ0v) is 17.4. The molecule has 2 aliphatic heterocycles. The molecule has 1 N–H and O–H groups in total. The third-order valence-electron chi connectivity index (χ3n) is 5.61. The first-order valence-electron chi connectivity index (χ1n) is 9.75. The number of alkyl halides is 6. The number of ether oxygens (including phenoxy) is 2. The number of nitrogens with one attached hydrogen (secondary N) is 1. The number of amides is 2. The van der Waals surface area contributed by atoms with Crippen molar-refractivity contribution in [3.8, 4) is 5.75 Å². The van der Waals surface area contributed by atoms with E-state index in [2.05, 4.69) is 5.32 Å². The molecule has 12 heteroatoms. The molecule has 1 unspecified atom stereocenters. The summed E-state index contributed by atoms with van der Waals surface area (Å²) in [5.41, 5.74) is -2.82. The van der Waals surface area contributed by atoms with E-state index in [4.69, 9.17) is 9.47 Å². The second-order valence-corrected chi connectivity index (χ2v) is 7.75. The molecule has 0 radical (unpaired) electrons. The van der Waals surface area contributed by atoms with Crippen molar-refractivity contribution in [2.75, 3.05) is 25.6 Å². The molecule has 0 aliphatic carbocycles. The smallest absolute Gasteiger partial charge is 0.416 e. The first kappa shape index (κ1) is 23.5. The number of hydrogen-bond acceptors (Lipinski definition) is 4. The Morgan fingerprint density at radius 2 is 1.62 bits per heavy atom. The number of esters is 1. The molecular formula is C22H16F6N2O4. The van der Waals surface area contributed by atoms with Crippen molar-refractivity contribution in [1.29, 1.82) is 0 Å². The second kappa shape index (κ2) is 7.96. The fourth-order valence-electron chi connectivity index (χ4n) is 3.89. The number of hydrogen-bond donors (Lipinski definition) is 1. The highest BCUT2D eigenvalue weighted by molar-refractivity contribution is 6.00. The molecule has 2 aromatic rings. The van der Waals surface area contributed by atoms with E-state index in [-0.39, 0.29) is 35.7 Å². The number of rotatable bonds is 2. The SMILES string of the molecule is COC(=O)C12COc3cc(C(F)(F)F)ccc3C1=CN(C(=O)Nc1ccc(C(F)(F)F)cc1)C2. The van der Waals surface area contributed by atoms with Crippen molar-refractivity contribution in [3.63, 3.8) is 0 Å². The van der Waals surface area contributed by atoms with E-state index in [0.29, 0.717) is 0 Å². The Morgan fingerprint density at radius 1 is 1.00 bits per heavy atom. The van der Waals surface area contributed by atoms with Gasteiger partial charge in [0.15, 0.2) is 0 Å². The number of fused-ring (bicyclic) bond motifs is 3. The minimum absolute atomic E-state index is 0.0739. The number of benzene rings is 2. The van der Waals surface area contributed by atoms with E-state index < -0.39 is 40.9 Å². The van der Waals surface area contributed by atoms with Gasteiger partial charge in [0.2, 0.25) is 0 Å². The third-order valence-corrected chi connectivity index (χ3v) is 5.61. The summed E-state index contributed by atoms with van der Waals surface area (Å²) >= 11 is 0. The molecule has 2 heterocycles. The van der Waals surface area contributed by atoms with Gasteiger partial charge in [-0.05, 0) is 36.4 Å². The summed E-state index contributed by atoms with van der Waals surface area (Å²) in [7, 11) is 1.13. The highest BCUT2D eigenvalue weighted by atomic mass is 19.4. The van der Waals surface area contributed by atoms with Gasteiger partial charge in [0.05, 0.1) is 24.8 Å². The van der Waals surface area contributed by atoms with Gasteiger partial charge in [-0.25, -0.2) is 4.79 Å². The Labute approximate surface area is 188 Å². The lowest BCUT2D eigenvalue weighted by molar-refractivity contribution is -0.151. The molecule has 34 heavy (non-hydrogen) atoms. The topological polar surface area (TPSA) is 67.9 Å². The van der Waals surface area contributed by atoms with Gasteiger partial charge in [-0.1, -0.05) is 6.07 Å². The van der Waals surface area contributed by atoms with Crippen LogP contribution in [0.1, 0.15) is 16.7 Å². The van der Waals surface area contributed by atoms with Crippen LogP contribution in [0.5, 0.6) is 5.75 Å². The van der Waals surface area contributed by atoms with E-state index in [1.54, 1.807) is 0 Å². The molecular weight excluding hydrogens is 470 g/mol. The molecule has 0 aromatic heterocycles. The van der Waals surface area contributed by atoms with E-state index >= 15 is 0 Å². The molecule has 0 spiro atoms. The summed E-state index contributed by atoms with van der Waals surface area (Å²) in [5, 5.41) is 2.43. The average Bonchev–Trinajstić information content (AvgIpc) is 3.19. The van der Waals surface area contributed by atoms with Crippen LogP contribution in [0.4, 0.5) is 36.8 Å². The second-order valence-electron chi connectivity index (χ2n) is 7.75. The predicted octanol–water partition coefficient (Wildman–Crippen LogP) is 5.16. The number of carbonyl (C=O) groups is 2. The molecule has 2 amide bonds. The van der Waals surface area contributed by atoms with Crippen LogP contribution in [0, 0.1) is 5.41 Å². The van der Waals surface area contributed by atoms with E-state index in [1.807, 2.05) is 0 Å².